The Labute approximate surface area is 241 Å². The lowest BCUT2D eigenvalue weighted by Crippen LogP contribution is -2.14. The van der Waals surface area contributed by atoms with Crippen LogP contribution in [-0.2, 0) is 17.1 Å². The Kier molecular flexibility index (Phi) is 9.48. The van der Waals surface area contributed by atoms with Crippen LogP contribution in [0.15, 0.2) is 60.2 Å². The van der Waals surface area contributed by atoms with Crippen LogP contribution in [0.1, 0.15) is 23.6 Å². The number of alkyl halides is 6. The molecule has 41 heavy (non-hydrogen) atoms. The molecule has 1 N–H and O–H groups in total. The van der Waals surface area contributed by atoms with Crippen molar-refractivity contribution in [3.8, 4) is 23.3 Å². The van der Waals surface area contributed by atoms with Crippen LogP contribution in [0.4, 0.5) is 37.7 Å². The number of rotatable bonds is 8. The maximum atomic E-state index is 13.1. The van der Waals surface area contributed by atoms with Gasteiger partial charge >= 0.3 is 18.0 Å². The molecule has 0 saturated carbocycles. The fourth-order valence-corrected chi connectivity index (χ4v) is 4.09. The number of hydrogen-bond donors (Lipinski definition) is 1. The second-order valence-corrected chi connectivity index (χ2v) is 9.17. The van der Waals surface area contributed by atoms with Crippen molar-refractivity contribution in [3.63, 3.8) is 0 Å². The fraction of sp³-hybridized carbons (Fsp3) is 0.154. The number of nitro benzene ring substituents is 1. The van der Waals surface area contributed by atoms with Gasteiger partial charge in [-0.1, -0.05) is 6.07 Å². The van der Waals surface area contributed by atoms with Crippen LogP contribution in [0.25, 0.3) is 6.08 Å². The highest BCUT2D eigenvalue weighted by Crippen LogP contribution is 2.42. The summed E-state index contributed by atoms with van der Waals surface area (Å²) in [5.74, 6) is -1.60. The molecule has 0 aliphatic heterocycles. The van der Waals surface area contributed by atoms with E-state index < -0.39 is 51.3 Å². The number of nitrogens with one attached hydrogen (secondary N) is 1. The van der Waals surface area contributed by atoms with Crippen LogP contribution in [0.2, 0.25) is 0 Å². The first kappa shape index (κ1) is 31.2. The lowest BCUT2D eigenvalue weighted by Gasteiger charge is -2.15. The highest BCUT2D eigenvalue weighted by molar-refractivity contribution is 14.1. The lowest BCUT2D eigenvalue weighted by atomic mass is 10.1. The zero-order valence-corrected chi connectivity index (χ0v) is 22.7. The number of nitrogens with zero attached hydrogens (tertiary/aromatic N) is 2. The van der Waals surface area contributed by atoms with Gasteiger partial charge in [-0.15, -0.1) is 0 Å². The Morgan fingerprint density at radius 1 is 1.05 bits per heavy atom. The van der Waals surface area contributed by atoms with E-state index in [-0.39, 0.29) is 32.9 Å². The summed E-state index contributed by atoms with van der Waals surface area (Å²) in [4.78, 5) is 23.0. The van der Waals surface area contributed by atoms with Gasteiger partial charge in [0.05, 0.1) is 26.2 Å². The maximum absolute atomic E-state index is 13.1. The predicted molar refractivity (Wildman–Crippen MR) is 142 cm³/mol. The van der Waals surface area contributed by atoms with Gasteiger partial charge in [0.2, 0.25) is 5.75 Å². The minimum absolute atomic E-state index is 0.0181. The zero-order chi connectivity index (χ0) is 30.5. The first-order valence-corrected chi connectivity index (χ1v) is 12.3. The van der Waals surface area contributed by atoms with Crippen molar-refractivity contribution in [1.29, 1.82) is 5.26 Å². The first-order valence-electron chi connectivity index (χ1n) is 11.2. The van der Waals surface area contributed by atoms with E-state index in [2.05, 4.69) is 5.32 Å². The van der Waals surface area contributed by atoms with Crippen molar-refractivity contribution in [2.24, 2.45) is 0 Å². The summed E-state index contributed by atoms with van der Waals surface area (Å²) in [6.07, 6.45) is -8.35. The third-order valence-electron chi connectivity index (χ3n) is 5.15. The van der Waals surface area contributed by atoms with Gasteiger partial charge in [-0.3, -0.25) is 14.9 Å². The van der Waals surface area contributed by atoms with Gasteiger partial charge in [-0.2, -0.15) is 31.6 Å². The van der Waals surface area contributed by atoms with Crippen molar-refractivity contribution < 1.29 is 45.5 Å². The molecule has 0 aliphatic carbocycles. The van der Waals surface area contributed by atoms with Crippen LogP contribution in [0, 0.1) is 25.0 Å². The van der Waals surface area contributed by atoms with Crippen LogP contribution < -0.4 is 14.8 Å². The number of hydrogen-bond acceptors (Lipinski definition) is 6. The summed E-state index contributed by atoms with van der Waals surface area (Å²) < 4.78 is 89.5. The third kappa shape index (κ3) is 7.87. The first-order chi connectivity index (χ1) is 19.1. The average molecular weight is 691 g/mol. The van der Waals surface area contributed by atoms with E-state index in [9.17, 15) is 46.5 Å². The van der Waals surface area contributed by atoms with Crippen molar-refractivity contribution in [2.45, 2.75) is 19.3 Å². The Morgan fingerprint density at radius 2 is 1.71 bits per heavy atom. The topological polar surface area (TPSA) is 114 Å². The number of anilines is 1. The molecule has 0 heterocycles. The molecule has 3 rings (SSSR count). The maximum Gasteiger partial charge on any atom is 0.416 e. The van der Waals surface area contributed by atoms with Crippen molar-refractivity contribution in [3.05, 3.63) is 90.5 Å². The Hall–Kier alpha value is -4.33. The molecule has 0 bridgehead atoms. The number of nitro groups is 1. The molecule has 15 heteroatoms. The molecule has 0 radical (unpaired) electrons. The molecule has 214 valence electrons. The van der Waals surface area contributed by atoms with E-state index in [0.29, 0.717) is 18.2 Å². The summed E-state index contributed by atoms with van der Waals surface area (Å²) in [6.45, 7) is 1.67. The minimum atomic E-state index is -4.83. The van der Waals surface area contributed by atoms with Crippen molar-refractivity contribution in [1.82, 2.24) is 0 Å². The van der Waals surface area contributed by atoms with Crippen LogP contribution in [-0.4, -0.2) is 17.4 Å². The molecule has 0 aliphatic rings. The number of amides is 1. The van der Waals surface area contributed by atoms with Gasteiger partial charge in [0, 0.05) is 11.8 Å². The van der Waals surface area contributed by atoms with Crippen LogP contribution in [0.5, 0.6) is 17.2 Å². The Bertz CT molecular complexity index is 1560. The number of carbonyl (C=O) groups is 1. The normalized spacial score (nSPS) is 11.9. The predicted octanol–water partition coefficient (Wildman–Crippen LogP) is 7.97. The van der Waals surface area contributed by atoms with E-state index in [1.54, 1.807) is 35.6 Å². The van der Waals surface area contributed by atoms with Crippen LogP contribution in [0.3, 0.4) is 0 Å². The molecule has 3 aromatic rings. The van der Waals surface area contributed by atoms with Gasteiger partial charge in [-0.25, -0.2) is 0 Å². The van der Waals surface area contributed by atoms with E-state index in [4.69, 9.17) is 9.47 Å². The van der Waals surface area contributed by atoms with Gasteiger partial charge in [0.1, 0.15) is 11.6 Å². The van der Waals surface area contributed by atoms with E-state index in [1.807, 2.05) is 0 Å². The molecule has 0 unspecified atom stereocenters. The summed E-state index contributed by atoms with van der Waals surface area (Å²) >= 11 is 1.76. The molecule has 0 spiro atoms. The minimum Gasteiger partial charge on any atom is -0.490 e. The zero-order valence-electron chi connectivity index (χ0n) is 20.6. The largest absolute Gasteiger partial charge is 0.490 e. The number of benzene rings is 3. The van der Waals surface area contributed by atoms with E-state index >= 15 is 0 Å². The average Bonchev–Trinajstić information content (AvgIpc) is 2.88. The number of ether oxygens (including phenoxy) is 2. The third-order valence-corrected chi connectivity index (χ3v) is 5.95. The summed E-state index contributed by atoms with van der Waals surface area (Å²) in [5.41, 5.74) is -3.66. The molecule has 0 aromatic heterocycles. The van der Waals surface area contributed by atoms with Crippen molar-refractivity contribution in [2.75, 3.05) is 11.9 Å². The second-order valence-electron chi connectivity index (χ2n) is 8.00. The number of carbonyl (C=O) groups excluding carboxylic acids is 1. The monoisotopic (exact) mass is 691 g/mol. The van der Waals surface area contributed by atoms with Gasteiger partial charge in [0.15, 0.2) is 11.5 Å². The quantitative estimate of drug-likeness (QED) is 0.0640. The van der Waals surface area contributed by atoms with Gasteiger partial charge < -0.3 is 14.8 Å². The molecule has 0 fully saturated rings. The molecular formula is C26H16F6IN3O5. The highest BCUT2D eigenvalue weighted by atomic mass is 127. The summed E-state index contributed by atoms with van der Waals surface area (Å²) in [5, 5.41) is 23.2. The SMILES string of the molecule is CCOc1cc(/C=C(\C#N)C(=O)Nc2cccc(C(F)(F)F)c2)cc(I)c1Oc1ccc(C(F)(F)F)cc1[N+](=O)[O-]. The highest BCUT2D eigenvalue weighted by Gasteiger charge is 2.34. The fourth-order valence-electron chi connectivity index (χ4n) is 3.35. The van der Waals surface area contributed by atoms with E-state index in [0.717, 1.165) is 24.3 Å². The summed E-state index contributed by atoms with van der Waals surface area (Å²) in [7, 11) is 0. The summed E-state index contributed by atoms with van der Waals surface area (Å²) in [6, 6.07) is 9.94. The number of halogens is 7. The second kappa shape index (κ2) is 12.5. The van der Waals surface area contributed by atoms with E-state index in [1.165, 1.54) is 18.2 Å². The van der Waals surface area contributed by atoms with Gasteiger partial charge in [0.25, 0.3) is 5.91 Å². The molecular weight excluding hydrogens is 675 g/mol. The molecule has 0 saturated heterocycles. The molecule has 3 aromatic carbocycles. The van der Waals surface area contributed by atoms with Crippen molar-refractivity contribution >= 4 is 45.9 Å². The van der Waals surface area contributed by atoms with Gasteiger partial charge in [-0.05, 0) is 83.6 Å². The smallest absolute Gasteiger partial charge is 0.416 e. The Morgan fingerprint density at radius 3 is 2.29 bits per heavy atom. The lowest BCUT2D eigenvalue weighted by molar-refractivity contribution is -0.385. The molecule has 1 amide bonds. The standard InChI is InChI=1S/C26H16F6IN3O5/c1-2-40-22-10-14(8-15(13-34)24(37)35-18-5-3-4-16(11-18)25(27,28)29)9-19(33)23(22)41-21-7-6-17(26(30,31)32)12-20(21)36(38)39/h3-12H,2H2,1H3,(H,35,37)/b15-8+. The Balaban J connectivity index is 1.97. The molecule has 8 nitrogen and oxygen atoms in total. The number of nitriles is 1. The molecule has 0 atom stereocenters. The van der Waals surface area contributed by atoms with Crippen LogP contribution >= 0.6 is 22.6 Å².